The molecule has 23 heavy (non-hydrogen) atoms. The third-order valence-electron chi connectivity index (χ3n) is 4.64. The van der Waals surface area contributed by atoms with Gasteiger partial charge in [0.2, 0.25) is 5.91 Å². The van der Waals surface area contributed by atoms with Crippen LogP contribution < -0.4 is 5.32 Å². The number of hydrogen-bond acceptors (Lipinski definition) is 2. The van der Waals surface area contributed by atoms with E-state index >= 15 is 0 Å². The Hall–Kier alpha value is -2.17. The average molecular weight is 315 g/mol. The number of nitrogens with one attached hydrogen (secondary N) is 2. The molecule has 3 rings (SSSR count). The molecule has 1 aromatic carbocycles. The van der Waals surface area contributed by atoms with E-state index in [1.165, 1.54) is 6.07 Å². The molecular weight excluding hydrogens is 293 g/mol. The van der Waals surface area contributed by atoms with E-state index in [0.29, 0.717) is 12.8 Å². The molecule has 1 aliphatic rings. The molecule has 0 radical (unpaired) electrons. The summed E-state index contributed by atoms with van der Waals surface area (Å²) in [6.45, 7) is 3.91. The lowest BCUT2D eigenvalue weighted by atomic mass is 9.87. The van der Waals surface area contributed by atoms with Crippen LogP contribution in [0.2, 0.25) is 0 Å². The number of amides is 1. The third kappa shape index (κ3) is 3.44. The summed E-state index contributed by atoms with van der Waals surface area (Å²) in [5, 5.41) is 10.2. The molecule has 0 bridgehead atoms. The number of benzene rings is 1. The Kier molecular flexibility index (Phi) is 4.46. The highest BCUT2D eigenvalue weighted by atomic mass is 19.1. The molecule has 1 atom stereocenters. The third-order valence-corrected chi connectivity index (χ3v) is 4.64. The molecule has 5 heteroatoms. The van der Waals surface area contributed by atoms with Crippen LogP contribution >= 0.6 is 0 Å². The summed E-state index contributed by atoms with van der Waals surface area (Å²) in [5.74, 6) is -0.235. The van der Waals surface area contributed by atoms with E-state index in [4.69, 9.17) is 0 Å². The Bertz CT molecular complexity index is 704. The molecule has 1 unspecified atom stereocenters. The second-order valence-electron chi connectivity index (χ2n) is 6.27. The first-order chi connectivity index (χ1) is 11.0. The zero-order valence-electron chi connectivity index (χ0n) is 13.6. The number of nitrogens with zero attached hydrogens (tertiary/aromatic N) is 1. The summed E-state index contributed by atoms with van der Waals surface area (Å²) in [5.41, 5.74) is 5.14. The second kappa shape index (κ2) is 6.52. The molecule has 1 heterocycles. The van der Waals surface area contributed by atoms with Crippen molar-refractivity contribution in [3.05, 3.63) is 52.1 Å². The maximum Gasteiger partial charge on any atom is 0.220 e. The first-order valence-corrected chi connectivity index (χ1v) is 8.12. The molecule has 0 spiro atoms. The zero-order valence-corrected chi connectivity index (χ0v) is 13.6. The van der Waals surface area contributed by atoms with Gasteiger partial charge in [0.15, 0.2) is 0 Å². The van der Waals surface area contributed by atoms with Crippen molar-refractivity contribution in [1.29, 1.82) is 0 Å². The fourth-order valence-electron chi connectivity index (χ4n) is 3.37. The highest BCUT2D eigenvalue weighted by Crippen LogP contribution is 2.30. The van der Waals surface area contributed by atoms with Gasteiger partial charge in [0.25, 0.3) is 0 Å². The smallest absolute Gasteiger partial charge is 0.220 e. The predicted octanol–water partition coefficient (Wildman–Crippen LogP) is 3.29. The maximum atomic E-state index is 13.5. The van der Waals surface area contributed by atoms with E-state index in [1.54, 1.807) is 6.07 Å². The van der Waals surface area contributed by atoms with Gasteiger partial charge in [0.1, 0.15) is 5.82 Å². The molecule has 2 aromatic rings. The van der Waals surface area contributed by atoms with Gasteiger partial charge in [-0.15, -0.1) is 0 Å². The summed E-state index contributed by atoms with van der Waals surface area (Å²) in [7, 11) is 0. The molecule has 0 fully saturated rings. The fraction of sp³-hybridized carbons (Fsp3) is 0.444. The van der Waals surface area contributed by atoms with Crippen LogP contribution in [-0.2, 0) is 17.6 Å². The minimum atomic E-state index is -0.241. The fourth-order valence-corrected chi connectivity index (χ4v) is 3.37. The highest BCUT2D eigenvalue weighted by Gasteiger charge is 2.22. The molecule has 0 aliphatic heterocycles. The minimum Gasteiger partial charge on any atom is -0.349 e. The van der Waals surface area contributed by atoms with E-state index in [0.717, 1.165) is 47.3 Å². The predicted molar refractivity (Wildman–Crippen MR) is 86.6 cm³/mol. The van der Waals surface area contributed by atoms with Crippen LogP contribution in [0.25, 0.3) is 0 Å². The van der Waals surface area contributed by atoms with Crippen LogP contribution in [0.1, 0.15) is 53.4 Å². The van der Waals surface area contributed by atoms with Crippen molar-refractivity contribution < 1.29 is 9.18 Å². The first-order valence-electron chi connectivity index (χ1n) is 8.12. The van der Waals surface area contributed by atoms with Crippen molar-refractivity contribution in [2.24, 2.45) is 0 Å². The lowest BCUT2D eigenvalue weighted by molar-refractivity contribution is -0.121. The monoisotopic (exact) mass is 315 g/mol. The standard InChI is InChI=1S/C18H22FN3O/c1-11-15(12(2)22-21-11)8-9-18(23)20-17-5-3-4-13-6-7-14(19)10-16(13)17/h6-7,10,17H,3-5,8-9H2,1-2H3,(H,20,23)(H,21,22). The van der Waals surface area contributed by atoms with Crippen molar-refractivity contribution in [2.75, 3.05) is 0 Å². The summed E-state index contributed by atoms with van der Waals surface area (Å²) in [6.07, 6.45) is 3.93. The number of halogens is 1. The molecular formula is C18H22FN3O. The lowest BCUT2D eigenvalue weighted by Crippen LogP contribution is -2.31. The van der Waals surface area contributed by atoms with Crippen molar-refractivity contribution in [1.82, 2.24) is 15.5 Å². The second-order valence-corrected chi connectivity index (χ2v) is 6.27. The number of aryl methyl sites for hydroxylation is 3. The molecule has 122 valence electrons. The number of aromatic amines is 1. The Morgan fingerprint density at radius 2 is 2.26 bits per heavy atom. The Labute approximate surface area is 135 Å². The van der Waals surface area contributed by atoms with E-state index in [1.807, 2.05) is 19.9 Å². The summed E-state index contributed by atoms with van der Waals surface area (Å²) in [4.78, 5) is 12.3. The quantitative estimate of drug-likeness (QED) is 0.909. The van der Waals surface area contributed by atoms with Gasteiger partial charge in [-0.2, -0.15) is 5.10 Å². The summed E-state index contributed by atoms with van der Waals surface area (Å²) < 4.78 is 13.5. The molecule has 2 N–H and O–H groups in total. The number of fused-ring (bicyclic) bond motifs is 1. The van der Waals surface area contributed by atoms with E-state index in [-0.39, 0.29) is 17.8 Å². The number of H-pyrrole nitrogens is 1. The Morgan fingerprint density at radius 3 is 3.00 bits per heavy atom. The number of aromatic nitrogens is 2. The number of rotatable bonds is 4. The van der Waals surface area contributed by atoms with Crippen molar-refractivity contribution in [3.63, 3.8) is 0 Å². The van der Waals surface area contributed by atoms with E-state index in [9.17, 15) is 9.18 Å². The van der Waals surface area contributed by atoms with Gasteiger partial charge in [0, 0.05) is 12.1 Å². The van der Waals surface area contributed by atoms with Gasteiger partial charge < -0.3 is 5.32 Å². The molecule has 1 aromatic heterocycles. The van der Waals surface area contributed by atoms with Crippen LogP contribution in [0.15, 0.2) is 18.2 Å². The molecule has 4 nitrogen and oxygen atoms in total. The number of hydrogen-bond donors (Lipinski definition) is 2. The van der Waals surface area contributed by atoms with Crippen LogP contribution in [0.5, 0.6) is 0 Å². The van der Waals surface area contributed by atoms with Crippen molar-refractivity contribution in [2.45, 2.75) is 52.0 Å². The lowest BCUT2D eigenvalue weighted by Gasteiger charge is -2.26. The zero-order chi connectivity index (χ0) is 16.4. The molecule has 1 amide bonds. The molecule has 1 aliphatic carbocycles. The van der Waals surface area contributed by atoms with Crippen LogP contribution in [0.3, 0.4) is 0 Å². The first kappa shape index (κ1) is 15.7. The van der Waals surface area contributed by atoms with Gasteiger partial charge in [-0.05, 0) is 68.4 Å². The van der Waals surface area contributed by atoms with Gasteiger partial charge in [0.05, 0.1) is 11.7 Å². The van der Waals surface area contributed by atoms with Crippen LogP contribution in [0, 0.1) is 19.7 Å². The Morgan fingerprint density at radius 1 is 1.43 bits per heavy atom. The van der Waals surface area contributed by atoms with Crippen LogP contribution in [-0.4, -0.2) is 16.1 Å². The molecule has 0 saturated carbocycles. The van der Waals surface area contributed by atoms with Gasteiger partial charge in [-0.1, -0.05) is 6.07 Å². The minimum absolute atomic E-state index is 0.00658. The summed E-state index contributed by atoms with van der Waals surface area (Å²) >= 11 is 0. The van der Waals surface area contributed by atoms with Crippen LogP contribution in [0.4, 0.5) is 4.39 Å². The van der Waals surface area contributed by atoms with Gasteiger partial charge in [-0.25, -0.2) is 4.39 Å². The van der Waals surface area contributed by atoms with E-state index < -0.39 is 0 Å². The largest absolute Gasteiger partial charge is 0.349 e. The van der Waals surface area contributed by atoms with E-state index in [2.05, 4.69) is 15.5 Å². The Balaban J connectivity index is 1.64. The SMILES string of the molecule is Cc1n[nH]c(C)c1CCC(=O)NC1CCCc2ccc(F)cc21. The summed E-state index contributed by atoms with van der Waals surface area (Å²) in [6, 6.07) is 4.81. The van der Waals surface area contributed by atoms with Gasteiger partial charge in [-0.3, -0.25) is 9.89 Å². The molecule has 0 saturated heterocycles. The maximum absolute atomic E-state index is 13.5. The van der Waals surface area contributed by atoms with Gasteiger partial charge >= 0.3 is 0 Å². The highest BCUT2D eigenvalue weighted by molar-refractivity contribution is 5.77. The average Bonchev–Trinajstić information content (AvgIpc) is 2.84. The topological polar surface area (TPSA) is 57.8 Å². The number of carbonyl (C=O) groups excluding carboxylic acids is 1. The van der Waals surface area contributed by atoms with Crippen molar-refractivity contribution in [3.8, 4) is 0 Å². The number of carbonyl (C=O) groups is 1. The normalized spacial score (nSPS) is 16.9. The van der Waals surface area contributed by atoms with Crippen molar-refractivity contribution >= 4 is 5.91 Å².